The van der Waals surface area contributed by atoms with Gasteiger partial charge in [-0.3, -0.25) is 0 Å². The highest BCUT2D eigenvalue weighted by Gasteiger charge is 1.91. The van der Waals surface area contributed by atoms with Gasteiger partial charge in [0.05, 0.1) is 12.4 Å². The monoisotopic (exact) mass is 188 g/mol. The summed E-state index contributed by atoms with van der Waals surface area (Å²) in [6.45, 7) is 0. The zero-order valence-electron chi connectivity index (χ0n) is 7.29. The van der Waals surface area contributed by atoms with Crippen LogP contribution in [0.2, 0.25) is 0 Å². The SMILES string of the molecule is c1ccc2ocnc2c1.c1cn[nH]n1. The van der Waals surface area contributed by atoms with Crippen LogP contribution < -0.4 is 0 Å². The highest BCUT2D eigenvalue weighted by Crippen LogP contribution is 2.09. The molecule has 2 heterocycles. The van der Waals surface area contributed by atoms with Gasteiger partial charge < -0.3 is 4.42 Å². The van der Waals surface area contributed by atoms with Crippen LogP contribution in [0.4, 0.5) is 0 Å². The smallest absolute Gasteiger partial charge is 0.181 e. The van der Waals surface area contributed by atoms with Crippen molar-refractivity contribution in [2.24, 2.45) is 0 Å². The molecule has 0 radical (unpaired) electrons. The van der Waals surface area contributed by atoms with E-state index >= 15 is 0 Å². The number of nitrogens with one attached hydrogen (secondary N) is 1. The van der Waals surface area contributed by atoms with Crippen LogP contribution in [0.5, 0.6) is 0 Å². The summed E-state index contributed by atoms with van der Waals surface area (Å²) in [5.41, 5.74) is 1.76. The molecule has 1 aromatic carbocycles. The maximum atomic E-state index is 5.01. The highest BCUT2D eigenvalue weighted by molar-refractivity contribution is 5.71. The van der Waals surface area contributed by atoms with Crippen LogP contribution >= 0.6 is 0 Å². The summed E-state index contributed by atoms with van der Waals surface area (Å²) in [6, 6.07) is 7.67. The predicted octanol–water partition coefficient (Wildman–Crippen LogP) is 1.63. The Morgan fingerprint density at radius 1 is 1.07 bits per heavy atom. The van der Waals surface area contributed by atoms with Gasteiger partial charge in [-0.25, -0.2) is 4.98 Å². The second-order valence-electron chi connectivity index (χ2n) is 2.48. The van der Waals surface area contributed by atoms with Crippen molar-refractivity contribution in [2.45, 2.75) is 0 Å². The quantitative estimate of drug-likeness (QED) is 0.582. The summed E-state index contributed by atoms with van der Waals surface area (Å²) in [7, 11) is 0. The third-order valence-corrected chi connectivity index (χ3v) is 1.57. The van der Waals surface area contributed by atoms with E-state index in [0.717, 1.165) is 11.1 Å². The van der Waals surface area contributed by atoms with Gasteiger partial charge in [-0.1, -0.05) is 12.1 Å². The molecule has 14 heavy (non-hydrogen) atoms. The Balaban J connectivity index is 0.000000128. The maximum Gasteiger partial charge on any atom is 0.181 e. The van der Waals surface area contributed by atoms with Crippen LogP contribution in [0.1, 0.15) is 0 Å². The topological polar surface area (TPSA) is 67.6 Å². The molecule has 0 aliphatic rings. The van der Waals surface area contributed by atoms with Crippen molar-refractivity contribution in [1.82, 2.24) is 20.4 Å². The van der Waals surface area contributed by atoms with Gasteiger partial charge in [-0.15, -0.1) is 0 Å². The van der Waals surface area contributed by atoms with E-state index in [1.807, 2.05) is 24.3 Å². The van der Waals surface area contributed by atoms with Crippen molar-refractivity contribution in [3.05, 3.63) is 43.1 Å². The number of para-hydroxylation sites is 2. The van der Waals surface area contributed by atoms with Crippen molar-refractivity contribution in [1.29, 1.82) is 0 Å². The molecule has 0 atom stereocenters. The molecule has 0 saturated carbocycles. The normalized spacial score (nSPS) is 9.43. The van der Waals surface area contributed by atoms with E-state index in [4.69, 9.17) is 4.42 Å². The lowest BCUT2D eigenvalue weighted by Crippen LogP contribution is -1.61. The first-order chi connectivity index (χ1) is 6.97. The van der Waals surface area contributed by atoms with E-state index in [9.17, 15) is 0 Å². The van der Waals surface area contributed by atoms with Crippen LogP contribution in [0.3, 0.4) is 0 Å². The van der Waals surface area contributed by atoms with E-state index in [2.05, 4.69) is 20.4 Å². The number of oxazole rings is 1. The Labute approximate surface area is 79.8 Å². The fourth-order valence-corrected chi connectivity index (χ4v) is 0.970. The fourth-order valence-electron chi connectivity index (χ4n) is 0.970. The number of aromatic nitrogens is 4. The Hall–Kier alpha value is -2.17. The lowest BCUT2D eigenvalue weighted by atomic mass is 10.3. The van der Waals surface area contributed by atoms with Gasteiger partial charge in [0.1, 0.15) is 5.52 Å². The second kappa shape index (κ2) is 4.18. The Kier molecular flexibility index (Phi) is 2.51. The molecule has 0 fully saturated rings. The standard InChI is InChI=1S/C7H5NO.C2H3N3/c1-2-4-7-6(3-1)8-5-9-7;1-2-4-5-3-1/h1-5H;1-2H,(H,3,4,5). The second-order valence-corrected chi connectivity index (χ2v) is 2.48. The number of aromatic amines is 1. The van der Waals surface area contributed by atoms with E-state index < -0.39 is 0 Å². The van der Waals surface area contributed by atoms with E-state index in [0.29, 0.717) is 0 Å². The zero-order valence-corrected chi connectivity index (χ0v) is 7.29. The van der Waals surface area contributed by atoms with Crippen molar-refractivity contribution < 1.29 is 4.42 Å². The molecule has 0 spiro atoms. The number of hydrogen-bond acceptors (Lipinski definition) is 4. The Morgan fingerprint density at radius 3 is 2.50 bits per heavy atom. The molecule has 5 heteroatoms. The predicted molar refractivity (Wildman–Crippen MR) is 50.4 cm³/mol. The van der Waals surface area contributed by atoms with Gasteiger partial charge >= 0.3 is 0 Å². The van der Waals surface area contributed by atoms with Gasteiger partial charge in [0.25, 0.3) is 0 Å². The first-order valence-electron chi connectivity index (χ1n) is 4.05. The average Bonchev–Trinajstić information content (AvgIpc) is 2.92. The summed E-state index contributed by atoms with van der Waals surface area (Å²) in [5.74, 6) is 0. The molecule has 70 valence electrons. The fraction of sp³-hybridized carbons (Fsp3) is 0. The molecule has 5 nitrogen and oxygen atoms in total. The van der Waals surface area contributed by atoms with Crippen LogP contribution in [-0.2, 0) is 0 Å². The van der Waals surface area contributed by atoms with Crippen molar-refractivity contribution in [2.75, 3.05) is 0 Å². The van der Waals surface area contributed by atoms with Gasteiger partial charge in [-0.05, 0) is 12.1 Å². The molecule has 0 aliphatic carbocycles. The molecule has 0 aliphatic heterocycles. The molecule has 3 rings (SSSR count). The third kappa shape index (κ3) is 1.95. The van der Waals surface area contributed by atoms with Crippen LogP contribution in [0.25, 0.3) is 11.1 Å². The first-order valence-corrected chi connectivity index (χ1v) is 4.05. The summed E-state index contributed by atoms with van der Waals surface area (Å²) >= 11 is 0. The summed E-state index contributed by atoms with van der Waals surface area (Å²) in [6.07, 6.45) is 4.62. The molecular formula is C9H8N4O. The molecular weight excluding hydrogens is 180 g/mol. The van der Waals surface area contributed by atoms with Gasteiger partial charge in [0, 0.05) is 0 Å². The van der Waals surface area contributed by atoms with Crippen LogP contribution in [0.15, 0.2) is 47.5 Å². The Morgan fingerprint density at radius 2 is 1.86 bits per heavy atom. The van der Waals surface area contributed by atoms with E-state index in [-0.39, 0.29) is 0 Å². The van der Waals surface area contributed by atoms with Crippen molar-refractivity contribution in [3.8, 4) is 0 Å². The number of H-pyrrole nitrogens is 1. The minimum absolute atomic E-state index is 0.845. The number of nitrogens with zero attached hydrogens (tertiary/aromatic N) is 3. The largest absolute Gasteiger partial charge is 0.443 e. The average molecular weight is 188 g/mol. The highest BCUT2D eigenvalue weighted by atomic mass is 16.3. The maximum absolute atomic E-state index is 5.01. The summed E-state index contributed by atoms with van der Waals surface area (Å²) < 4.78 is 5.01. The number of hydrogen-bond donors (Lipinski definition) is 1. The first kappa shape index (κ1) is 8.43. The van der Waals surface area contributed by atoms with Gasteiger partial charge in [-0.2, -0.15) is 15.4 Å². The molecule has 0 bridgehead atoms. The van der Waals surface area contributed by atoms with E-state index in [1.165, 1.54) is 6.39 Å². The lowest BCUT2D eigenvalue weighted by molar-refractivity contribution is 0.602. The minimum Gasteiger partial charge on any atom is -0.443 e. The summed E-state index contributed by atoms with van der Waals surface area (Å²) in [4.78, 5) is 3.95. The zero-order chi connectivity index (χ0) is 9.64. The molecule has 1 N–H and O–H groups in total. The number of fused-ring (bicyclic) bond motifs is 1. The minimum atomic E-state index is 0.845. The molecule has 0 amide bonds. The summed E-state index contributed by atoms with van der Waals surface area (Å²) in [5, 5.41) is 9.33. The van der Waals surface area contributed by atoms with Gasteiger partial charge in [0.2, 0.25) is 0 Å². The number of benzene rings is 1. The van der Waals surface area contributed by atoms with Gasteiger partial charge in [0.15, 0.2) is 12.0 Å². The third-order valence-electron chi connectivity index (χ3n) is 1.57. The lowest BCUT2D eigenvalue weighted by Gasteiger charge is -1.79. The van der Waals surface area contributed by atoms with Crippen LogP contribution in [0, 0.1) is 0 Å². The van der Waals surface area contributed by atoms with Crippen molar-refractivity contribution >= 4 is 11.1 Å². The van der Waals surface area contributed by atoms with Crippen LogP contribution in [-0.4, -0.2) is 20.4 Å². The molecule has 2 aromatic heterocycles. The van der Waals surface area contributed by atoms with E-state index in [1.54, 1.807) is 12.4 Å². The van der Waals surface area contributed by atoms with Crippen molar-refractivity contribution in [3.63, 3.8) is 0 Å². The molecule has 0 saturated heterocycles. The number of rotatable bonds is 0. The molecule has 3 aromatic rings. The Bertz CT molecular complexity index is 427. The molecule has 0 unspecified atom stereocenters.